The van der Waals surface area contributed by atoms with Crippen LogP contribution >= 0.6 is 22.7 Å². The van der Waals surface area contributed by atoms with E-state index in [1.165, 1.54) is 34.2 Å². The average Bonchev–Trinajstić information content (AvgIpc) is 3.45. The van der Waals surface area contributed by atoms with Crippen molar-refractivity contribution in [2.24, 2.45) is 0 Å². The van der Waals surface area contributed by atoms with Gasteiger partial charge in [0.25, 0.3) is 5.56 Å². The normalized spacial score (nSPS) is 10.8. The number of hydrogen-bond acceptors (Lipinski definition) is 6. The monoisotopic (exact) mass is 469 g/mol. The van der Waals surface area contributed by atoms with Crippen molar-refractivity contribution in [3.05, 3.63) is 81.3 Å². The molecule has 2 amide bonds. The standard InChI is InChI=1S/C22H20FN5O2S2/c1-14-20(32-21(26-14)18-3-2-12-31-18)17-8-9-19(29)28(27-17)11-10-24-22(30)25-13-15-4-6-16(23)7-5-15/h2-9,12H,10-11,13H2,1H3,(H2,24,25,30). The van der Waals surface area contributed by atoms with E-state index >= 15 is 0 Å². The Hall–Kier alpha value is -3.37. The molecule has 10 heteroatoms. The lowest BCUT2D eigenvalue weighted by Crippen LogP contribution is -2.38. The number of thiazole rings is 1. The molecule has 0 spiro atoms. The van der Waals surface area contributed by atoms with E-state index in [1.807, 2.05) is 24.4 Å². The van der Waals surface area contributed by atoms with Crippen LogP contribution in [0, 0.1) is 12.7 Å². The largest absolute Gasteiger partial charge is 0.336 e. The summed E-state index contributed by atoms with van der Waals surface area (Å²) in [5, 5.41) is 12.8. The number of nitrogens with one attached hydrogen (secondary N) is 2. The summed E-state index contributed by atoms with van der Waals surface area (Å²) in [5.74, 6) is -0.324. The number of halogens is 1. The zero-order chi connectivity index (χ0) is 22.5. The number of hydrogen-bond donors (Lipinski definition) is 2. The van der Waals surface area contributed by atoms with Crippen molar-refractivity contribution in [3.63, 3.8) is 0 Å². The van der Waals surface area contributed by atoms with Crippen molar-refractivity contribution < 1.29 is 9.18 Å². The Kier molecular flexibility index (Phi) is 6.72. The summed E-state index contributed by atoms with van der Waals surface area (Å²) in [7, 11) is 0. The van der Waals surface area contributed by atoms with E-state index in [9.17, 15) is 14.0 Å². The Morgan fingerprint density at radius 3 is 2.69 bits per heavy atom. The highest BCUT2D eigenvalue weighted by Gasteiger charge is 2.14. The number of nitrogens with zero attached hydrogens (tertiary/aromatic N) is 3. The number of carbonyl (C=O) groups excluding carboxylic acids is 1. The molecule has 0 bridgehead atoms. The van der Waals surface area contributed by atoms with Crippen LogP contribution in [-0.2, 0) is 13.1 Å². The third-order valence-electron chi connectivity index (χ3n) is 4.60. The minimum Gasteiger partial charge on any atom is -0.336 e. The van der Waals surface area contributed by atoms with Gasteiger partial charge in [-0.2, -0.15) is 5.10 Å². The summed E-state index contributed by atoms with van der Waals surface area (Å²) in [6, 6.07) is 12.7. The highest BCUT2D eigenvalue weighted by Crippen LogP contribution is 2.35. The van der Waals surface area contributed by atoms with E-state index in [-0.39, 0.29) is 37.0 Å². The molecule has 0 unspecified atom stereocenters. The van der Waals surface area contributed by atoms with Gasteiger partial charge in [-0.05, 0) is 42.1 Å². The quantitative estimate of drug-likeness (QED) is 0.428. The van der Waals surface area contributed by atoms with Gasteiger partial charge in [-0.1, -0.05) is 18.2 Å². The predicted molar refractivity (Wildman–Crippen MR) is 124 cm³/mol. The molecule has 0 atom stereocenters. The van der Waals surface area contributed by atoms with Crippen LogP contribution in [0.5, 0.6) is 0 Å². The van der Waals surface area contributed by atoms with Gasteiger partial charge in [-0.25, -0.2) is 18.9 Å². The molecular formula is C22H20FN5O2S2. The average molecular weight is 470 g/mol. The molecule has 164 valence electrons. The third-order valence-corrected chi connectivity index (χ3v) is 6.82. The van der Waals surface area contributed by atoms with Crippen LogP contribution in [0.3, 0.4) is 0 Å². The Morgan fingerprint density at radius 2 is 1.94 bits per heavy atom. The van der Waals surface area contributed by atoms with E-state index in [2.05, 4.69) is 20.7 Å². The van der Waals surface area contributed by atoms with Crippen LogP contribution < -0.4 is 16.2 Å². The number of aryl methyl sites for hydroxylation is 1. The topological polar surface area (TPSA) is 88.9 Å². The number of aromatic nitrogens is 3. The molecule has 0 aliphatic heterocycles. The molecule has 0 aliphatic carbocycles. The van der Waals surface area contributed by atoms with Gasteiger partial charge in [0, 0.05) is 19.2 Å². The van der Waals surface area contributed by atoms with Gasteiger partial charge in [0.1, 0.15) is 16.5 Å². The molecule has 4 rings (SSSR count). The van der Waals surface area contributed by atoms with Gasteiger partial charge in [0.2, 0.25) is 0 Å². The molecular weight excluding hydrogens is 449 g/mol. The van der Waals surface area contributed by atoms with Crippen LogP contribution in [-0.4, -0.2) is 27.3 Å². The van der Waals surface area contributed by atoms with E-state index < -0.39 is 0 Å². The molecule has 0 radical (unpaired) electrons. The van der Waals surface area contributed by atoms with Gasteiger partial charge in [-0.3, -0.25) is 4.79 Å². The van der Waals surface area contributed by atoms with Gasteiger partial charge in [-0.15, -0.1) is 22.7 Å². The van der Waals surface area contributed by atoms with E-state index in [0.29, 0.717) is 5.69 Å². The first-order valence-corrected chi connectivity index (χ1v) is 11.6. The Balaban J connectivity index is 1.37. The van der Waals surface area contributed by atoms with Crippen molar-refractivity contribution in [2.75, 3.05) is 6.54 Å². The van der Waals surface area contributed by atoms with Crippen LogP contribution in [0.2, 0.25) is 0 Å². The van der Waals surface area contributed by atoms with Gasteiger partial charge in [0.05, 0.1) is 22.0 Å². The Morgan fingerprint density at radius 1 is 1.12 bits per heavy atom. The van der Waals surface area contributed by atoms with E-state index in [0.717, 1.165) is 26.0 Å². The fourth-order valence-corrected chi connectivity index (χ4v) is 4.82. The maximum absolute atomic E-state index is 12.9. The lowest BCUT2D eigenvalue weighted by Gasteiger charge is -2.09. The molecule has 32 heavy (non-hydrogen) atoms. The minimum absolute atomic E-state index is 0.228. The highest BCUT2D eigenvalue weighted by molar-refractivity contribution is 7.23. The van der Waals surface area contributed by atoms with Crippen LogP contribution in [0.1, 0.15) is 11.3 Å². The van der Waals surface area contributed by atoms with E-state index in [4.69, 9.17) is 0 Å². The van der Waals surface area contributed by atoms with Crippen LogP contribution in [0.4, 0.5) is 9.18 Å². The van der Waals surface area contributed by atoms with Crippen molar-refractivity contribution in [3.8, 4) is 20.5 Å². The number of amides is 2. The zero-order valence-corrected chi connectivity index (χ0v) is 18.8. The molecule has 3 heterocycles. The Labute approximate surface area is 191 Å². The summed E-state index contributed by atoms with van der Waals surface area (Å²) in [6.45, 7) is 2.66. The molecule has 1 aromatic carbocycles. The number of carbonyl (C=O) groups is 1. The van der Waals surface area contributed by atoms with Gasteiger partial charge in [0.15, 0.2) is 0 Å². The number of thiophene rings is 1. The fourth-order valence-electron chi connectivity index (χ4n) is 2.99. The van der Waals surface area contributed by atoms with Gasteiger partial charge >= 0.3 is 6.03 Å². The summed E-state index contributed by atoms with van der Waals surface area (Å²) in [6.07, 6.45) is 0. The maximum Gasteiger partial charge on any atom is 0.315 e. The van der Waals surface area contributed by atoms with Crippen molar-refractivity contribution in [1.29, 1.82) is 0 Å². The molecule has 0 saturated carbocycles. The zero-order valence-electron chi connectivity index (χ0n) is 17.2. The first kappa shape index (κ1) is 21.8. The fraction of sp³-hybridized carbons (Fsp3) is 0.182. The molecule has 3 aromatic heterocycles. The summed E-state index contributed by atoms with van der Waals surface area (Å²) in [5.41, 5.74) is 2.06. The SMILES string of the molecule is Cc1nc(-c2cccs2)sc1-c1ccc(=O)n(CCNC(=O)NCc2ccc(F)cc2)n1. The third kappa shape index (κ3) is 5.27. The predicted octanol–water partition coefficient (Wildman–Crippen LogP) is 4.04. The maximum atomic E-state index is 12.9. The lowest BCUT2D eigenvalue weighted by molar-refractivity contribution is 0.240. The first-order chi connectivity index (χ1) is 15.5. The second-order valence-electron chi connectivity index (χ2n) is 6.93. The van der Waals surface area contributed by atoms with Gasteiger partial charge < -0.3 is 10.6 Å². The van der Waals surface area contributed by atoms with E-state index in [1.54, 1.807) is 29.5 Å². The highest BCUT2D eigenvalue weighted by atomic mass is 32.1. The molecule has 4 aromatic rings. The summed E-state index contributed by atoms with van der Waals surface area (Å²) in [4.78, 5) is 30.9. The number of benzene rings is 1. The van der Waals surface area contributed by atoms with Crippen molar-refractivity contribution in [1.82, 2.24) is 25.4 Å². The first-order valence-electron chi connectivity index (χ1n) is 9.85. The van der Waals surface area contributed by atoms with Crippen molar-refractivity contribution >= 4 is 28.7 Å². The molecule has 0 aliphatic rings. The molecule has 2 N–H and O–H groups in total. The van der Waals surface area contributed by atoms with Crippen LogP contribution in [0.25, 0.3) is 20.5 Å². The Bertz CT molecular complexity index is 1270. The molecule has 0 saturated heterocycles. The molecule has 7 nitrogen and oxygen atoms in total. The number of rotatable bonds is 7. The second kappa shape index (κ2) is 9.84. The lowest BCUT2D eigenvalue weighted by atomic mass is 10.2. The number of urea groups is 1. The minimum atomic E-state index is -0.377. The molecule has 0 fully saturated rings. The summed E-state index contributed by atoms with van der Waals surface area (Å²) < 4.78 is 14.3. The van der Waals surface area contributed by atoms with Crippen molar-refractivity contribution in [2.45, 2.75) is 20.0 Å². The second-order valence-corrected chi connectivity index (χ2v) is 8.87. The smallest absolute Gasteiger partial charge is 0.315 e. The van der Waals surface area contributed by atoms with Crippen LogP contribution in [0.15, 0.2) is 58.7 Å². The summed E-state index contributed by atoms with van der Waals surface area (Å²) >= 11 is 3.16.